The molecule has 0 saturated heterocycles. The number of amides is 1. The highest BCUT2D eigenvalue weighted by Gasteiger charge is 2.34. The molecule has 0 spiro atoms. The second-order valence-electron chi connectivity index (χ2n) is 6.06. The molecule has 0 saturated carbocycles. The molecule has 2 N–H and O–H groups in total. The number of tetrazole rings is 1. The predicted octanol–water partition coefficient (Wildman–Crippen LogP) is 1.90. The van der Waals surface area contributed by atoms with E-state index in [4.69, 9.17) is 0 Å². The summed E-state index contributed by atoms with van der Waals surface area (Å²) in [6, 6.07) is 8.65. The fourth-order valence-electron chi connectivity index (χ4n) is 3.06. The van der Waals surface area contributed by atoms with Crippen LogP contribution in [0.1, 0.15) is 18.5 Å². The van der Waals surface area contributed by atoms with Crippen LogP contribution in [-0.4, -0.2) is 36.0 Å². The number of anilines is 2. The average Bonchev–Trinajstić information content (AvgIpc) is 3.15. The maximum Gasteiger partial charge on any atom is 0.269 e. The molecule has 0 aliphatic carbocycles. The van der Waals surface area contributed by atoms with Gasteiger partial charge in [-0.25, -0.2) is 0 Å². The number of non-ortho nitro benzene ring substituents is 1. The molecule has 0 radical (unpaired) electrons. The van der Waals surface area contributed by atoms with Crippen molar-refractivity contribution in [3.8, 4) is 0 Å². The normalized spacial score (nSPS) is 15.5. The molecule has 1 amide bonds. The molecule has 1 unspecified atom stereocenters. The van der Waals surface area contributed by atoms with Gasteiger partial charge in [-0.15, -0.1) is 0 Å². The van der Waals surface area contributed by atoms with E-state index in [9.17, 15) is 14.9 Å². The molecule has 3 heterocycles. The maximum absolute atomic E-state index is 13.1. The summed E-state index contributed by atoms with van der Waals surface area (Å²) in [6.45, 7) is 1.73. The van der Waals surface area contributed by atoms with E-state index in [-0.39, 0.29) is 11.6 Å². The number of benzene rings is 1. The predicted molar refractivity (Wildman–Crippen MR) is 98.2 cm³/mol. The SMILES string of the molecule is CC1=C(C(=O)Nc2ccncc2)C(c2cccc([N+](=O)[O-])c2)n2nnnc2N1. The number of nitrogens with one attached hydrogen (secondary N) is 2. The first-order valence-corrected chi connectivity index (χ1v) is 8.26. The van der Waals surface area contributed by atoms with Crippen molar-refractivity contribution < 1.29 is 9.72 Å². The number of hydrogen-bond donors (Lipinski definition) is 2. The molecule has 11 heteroatoms. The topological polar surface area (TPSA) is 141 Å². The van der Waals surface area contributed by atoms with E-state index in [0.717, 1.165) is 0 Å². The lowest BCUT2D eigenvalue weighted by atomic mass is 9.94. The summed E-state index contributed by atoms with van der Waals surface area (Å²) in [4.78, 5) is 27.7. The molecule has 1 aliphatic heterocycles. The van der Waals surface area contributed by atoms with E-state index in [2.05, 4.69) is 31.1 Å². The first-order valence-electron chi connectivity index (χ1n) is 8.26. The Kier molecular flexibility index (Phi) is 4.24. The van der Waals surface area contributed by atoms with Crippen LogP contribution in [0.2, 0.25) is 0 Å². The van der Waals surface area contributed by atoms with Crippen LogP contribution >= 0.6 is 0 Å². The van der Waals surface area contributed by atoms with Crippen molar-refractivity contribution in [1.29, 1.82) is 0 Å². The summed E-state index contributed by atoms with van der Waals surface area (Å²) >= 11 is 0. The molecule has 4 rings (SSSR count). The molecular weight excluding hydrogens is 364 g/mol. The van der Waals surface area contributed by atoms with Crippen molar-refractivity contribution >= 4 is 23.2 Å². The van der Waals surface area contributed by atoms with Crippen LogP contribution in [0.3, 0.4) is 0 Å². The molecule has 3 aromatic rings. The van der Waals surface area contributed by atoms with Crippen molar-refractivity contribution in [3.05, 3.63) is 75.7 Å². The zero-order chi connectivity index (χ0) is 19.7. The highest BCUT2D eigenvalue weighted by Crippen LogP contribution is 2.35. The molecule has 0 bridgehead atoms. The third-order valence-electron chi connectivity index (χ3n) is 4.29. The van der Waals surface area contributed by atoms with E-state index in [1.807, 2.05) is 0 Å². The molecule has 1 aliphatic rings. The highest BCUT2D eigenvalue weighted by molar-refractivity contribution is 6.05. The minimum absolute atomic E-state index is 0.0859. The second kappa shape index (κ2) is 6.87. The van der Waals surface area contributed by atoms with Gasteiger partial charge in [-0.1, -0.05) is 17.2 Å². The largest absolute Gasteiger partial charge is 0.326 e. The van der Waals surface area contributed by atoms with Crippen molar-refractivity contribution in [3.63, 3.8) is 0 Å². The summed E-state index contributed by atoms with van der Waals surface area (Å²) in [6.07, 6.45) is 3.13. The molecule has 2 aromatic heterocycles. The van der Waals surface area contributed by atoms with E-state index < -0.39 is 11.0 Å². The number of carbonyl (C=O) groups excluding carboxylic acids is 1. The number of nitro benzene ring substituents is 1. The van der Waals surface area contributed by atoms with Crippen molar-refractivity contribution in [1.82, 2.24) is 25.2 Å². The number of carbonyl (C=O) groups is 1. The molecule has 28 heavy (non-hydrogen) atoms. The monoisotopic (exact) mass is 378 g/mol. The van der Waals surface area contributed by atoms with Gasteiger partial charge in [0.15, 0.2) is 0 Å². The highest BCUT2D eigenvalue weighted by atomic mass is 16.6. The third kappa shape index (κ3) is 3.05. The standard InChI is InChI=1S/C17H14N8O3/c1-10-14(16(26)20-12-5-7-18-8-6-12)15(24-17(19-10)21-22-23-24)11-3-2-4-13(9-11)25(27)28/h2-9,15H,1H3,(H,18,20,26)(H,19,21,23). The fraction of sp³-hybridized carbons (Fsp3) is 0.118. The average molecular weight is 378 g/mol. The summed E-state index contributed by atoms with van der Waals surface area (Å²) in [5, 5.41) is 28.5. The lowest BCUT2D eigenvalue weighted by Crippen LogP contribution is -2.31. The third-order valence-corrected chi connectivity index (χ3v) is 4.29. The van der Waals surface area contributed by atoms with E-state index in [1.54, 1.807) is 43.6 Å². The molecular formula is C17H14N8O3. The Morgan fingerprint density at radius 3 is 2.82 bits per heavy atom. The van der Waals surface area contributed by atoms with Crippen molar-refractivity contribution in [2.75, 3.05) is 10.6 Å². The van der Waals surface area contributed by atoms with Gasteiger partial charge in [-0.3, -0.25) is 19.9 Å². The van der Waals surface area contributed by atoms with Crippen LogP contribution in [0.15, 0.2) is 60.1 Å². The fourth-order valence-corrected chi connectivity index (χ4v) is 3.06. The van der Waals surface area contributed by atoms with Gasteiger partial charge in [0.2, 0.25) is 5.95 Å². The van der Waals surface area contributed by atoms with Gasteiger partial charge in [0, 0.05) is 35.9 Å². The van der Waals surface area contributed by atoms with Crippen LogP contribution < -0.4 is 10.6 Å². The number of pyridine rings is 1. The van der Waals surface area contributed by atoms with E-state index >= 15 is 0 Å². The Morgan fingerprint density at radius 1 is 1.29 bits per heavy atom. The Bertz CT molecular complexity index is 1090. The number of nitrogens with zero attached hydrogens (tertiary/aromatic N) is 6. The number of nitro groups is 1. The maximum atomic E-state index is 13.1. The van der Waals surface area contributed by atoms with E-state index in [1.165, 1.54) is 16.8 Å². The van der Waals surface area contributed by atoms with Crippen LogP contribution in [0.25, 0.3) is 0 Å². The quantitative estimate of drug-likeness (QED) is 0.518. The van der Waals surface area contributed by atoms with Crippen molar-refractivity contribution in [2.24, 2.45) is 0 Å². The number of allylic oxidation sites excluding steroid dienone is 1. The zero-order valence-electron chi connectivity index (χ0n) is 14.6. The zero-order valence-corrected chi connectivity index (χ0v) is 14.6. The number of fused-ring (bicyclic) bond motifs is 1. The lowest BCUT2D eigenvalue weighted by molar-refractivity contribution is -0.384. The number of hydrogen-bond acceptors (Lipinski definition) is 8. The van der Waals surface area contributed by atoms with Crippen LogP contribution in [0.5, 0.6) is 0 Å². The van der Waals surface area contributed by atoms with Gasteiger partial charge in [0.1, 0.15) is 6.04 Å². The summed E-state index contributed by atoms with van der Waals surface area (Å²) in [7, 11) is 0. The number of aromatic nitrogens is 5. The smallest absolute Gasteiger partial charge is 0.269 e. The molecule has 0 fully saturated rings. The minimum atomic E-state index is -0.729. The lowest BCUT2D eigenvalue weighted by Gasteiger charge is -2.27. The number of rotatable bonds is 4. The molecule has 140 valence electrons. The summed E-state index contributed by atoms with van der Waals surface area (Å²) in [5.74, 6) is -0.0386. The van der Waals surface area contributed by atoms with Crippen LogP contribution in [-0.2, 0) is 4.79 Å². The van der Waals surface area contributed by atoms with Gasteiger partial charge in [-0.2, -0.15) is 4.68 Å². The summed E-state index contributed by atoms with van der Waals surface area (Å²) in [5.41, 5.74) is 1.89. The Hall–Kier alpha value is -4.15. The summed E-state index contributed by atoms with van der Waals surface area (Å²) < 4.78 is 1.42. The Morgan fingerprint density at radius 2 is 2.07 bits per heavy atom. The van der Waals surface area contributed by atoms with E-state index in [0.29, 0.717) is 28.5 Å². The first kappa shape index (κ1) is 17.3. The van der Waals surface area contributed by atoms with Crippen LogP contribution in [0, 0.1) is 10.1 Å². The van der Waals surface area contributed by atoms with Crippen LogP contribution in [0.4, 0.5) is 17.3 Å². The Balaban J connectivity index is 1.80. The molecule has 11 nitrogen and oxygen atoms in total. The van der Waals surface area contributed by atoms with Gasteiger partial charge in [-0.05, 0) is 35.0 Å². The van der Waals surface area contributed by atoms with Gasteiger partial charge < -0.3 is 10.6 Å². The van der Waals surface area contributed by atoms with Gasteiger partial charge >= 0.3 is 0 Å². The second-order valence-corrected chi connectivity index (χ2v) is 6.06. The van der Waals surface area contributed by atoms with Gasteiger partial charge in [0.05, 0.1) is 10.5 Å². The molecule has 1 atom stereocenters. The minimum Gasteiger partial charge on any atom is -0.326 e. The van der Waals surface area contributed by atoms with Crippen molar-refractivity contribution in [2.45, 2.75) is 13.0 Å². The molecule has 1 aromatic carbocycles. The van der Waals surface area contributed by atoms with Gasteiger partial charge in [0.25, 0.3) is 11.6 Å². The first-order chi connectivity index (χ1) is 13.5. The Labute approximate surface area is 158 Å².